The highest BCUT2D eigenvalue weighted by atomic mass is 32.2. The van der Waals surface area contributed by atoms with Gasteiger partial charge in [0, 0.05) is 40.8 Å². The van der Waals surface area contributed by atoms with E-state index in [-0.39, 0.29) is 40.8 Å². The number of benzene rings is 4. The standard InChI is InChI=1S/C37H36FN3O5S/c1-4-20-41-32(22-25-18-19-29(31(38)21-25)30-16-10-11-17-33(30)47(39,44)45)34(35(40-41)24(2)3)37(43)46-23-27-14-8-9-15-28(27)36(42)26-12-6-5-7-13-26/h5-19,21,24H,4,20,22-23H2,1-3H3,(H2,39,44,45). The predicted molar refractivity (Wildman–Crippen MR) is 178 cm³/mol. The summed E-state index contributed by atoms with van der Waals surface area (Å²) in [6.45, 7) is 6.26. The Labute approximate surface area is 274 Å². The first-order valence-electron chi connectivity index (χ1n) is 15.3. The van der Waals surface area contributed by atoms with E-state index in [0.717, 1.165) is 6.42 Å². The van der Waals surface area contributed by atoms with Crippen LogP contribution in [0.1, 0.15) is 81.9 Å². The fourth-order valence-corrected chi connectivity index (χ4v) is 6.32. The fourth-order valence-electron chi connectivity index (χ4n) is 5.57. The van der Waals surface area contributed by atoms with Crippen molar-refractivity contribution < 1.29 is 27.1 Å². The molecule has 0 aliphatic rings. The Morgan fingerprint density at radius 3 is 2.28 bits per heavy atom. The molecule has 47 heavy (non-hydrogen) atoms. The number of carbonyl (C=O) groups is 2. The lowest BCUT2D eigenvalue weighted by Gasteiger charge is -2.13. The minimum absolute atomic E-state index is 0.0895. The van der Waals surface area contributed by atoms with Crippen LogP contribution in [0.3, 0.4) is 0 Å². The van der Waals surface area contributed by atoms with Crippen LogP contribution < -0.4 is 5.14 Å². The maximum absolute atomic E-state index is 15.6. The second-order valence-electron chi connectivity index (χ2n) is 11.5. The van der Waals surface area contributed by atoms with Gasteiger partial charge in [0.05, 0.1) is 16.3 Å². The van der Waals surface area contributed by atoms with E-state index < -0.39 is 21.8 Å². The molecule has 0 aliphatic heterocycles. The summed E-state index contributed by atoms with van der Waals surface area (Å²) in [5.74, 6) is -1.51. The van der Waals surface area contributed by atoms with Crippen molar-refractivity contribution in [3.63, 3.8) is 0 Å². The van der Waals surface area contributed by atoms with Gasteiger partial charge in [-0.05, 0) is 30.0 Å². The number of nitrogens with two attached hydrogens (primary N) is 1. The zero-order valence-electron chi connectivity index (χ0n) is 26.4. The molecule has 0 unspecified atom stereocenters. The third-order valence-corrected chi connectivity index (χ3v) is 8.79. The van der Waals surface area contributed by atoms with E-state index >= 15 is 4.39 Å². The van der Waals surface area contributed by atoms with Gasteiger partial charge in [0.25, 0.3) is 0 Å². The van der Waals surface area contributed by atoms with E-state index in [9.17, 15) is 18.0 Å². The van der Waals surface area contributed by atoms with Gasteiger partial charge in [-0.15, -0.1) is 0 Å². The van der Waals surface area contributed by atoms with E-state index in [1.165, 1.54) is 30.3 Å². The van der Waals surface area contributed by atoms with E-state index in [1.54, 1.807) is 65.3 Å². The van der Waals surface area contributed by atoms with Gasteiger partial charge in [-0.2, -0.15) is 5.10 Å². The van der Waals surface area contributed by atoms with E-state index in [1.807, 2.05) is 26.8 Å². The van der Waals surface area contributed by atoms with Gasteiger partial charge < -0.3 is 4.74 Å². The summed E-state index contributed by atoms with van der Waals surface area (Å²) in [4.78, 5) is 26.9. The maximum Gasteiger partial charge on any atom is 0.342 e. The van der Waals surface area contributed by atoms with Gasteiger partial charge in [0.2, 0.25) is 10.0 Å². The largest absolute Gasteiger partial charge is 0.457 e. The van der Waals surface area contributed by atoms with Crippen molar-refractivity contribution in [2.45, 2.75) is 57.6 Å². The van der Waals surface area contributed by atoms with Crippen molar-refractivity contribution in [1.29, 1.82) is 0 Å². The molecule has 4 aromatic carbocycles. The van der Waals surface area contributed by atoms with Gasteiger partial charge in [0.15, 0.2) is 5.78 Å². The minimum Gasteiger partial charge on any atom is -0.457 e. The van der Waals surface area contributed by atoms with Crippen LogP contribution in [0.4, 0.5) is 4.39 Å². The molecule has 8 nitrogen and oxygen atoms in total. The number of aryl methyl sites for hydroxylation is 1. The molecule has 5 aromatic rings. The first-order chi connectivity index (χ1) is 22.5. The van der Waals surface area contributed by atoms with Crippen molar-refractivity contribution in [2.75, 3.05) is 0 Å². The smallest absolute Gasteiger partial charge is 0.342 e. The number of halogens is 1. The molecular weight excluding hydrogens is 617 g/mol. The number of hydrogen-bond acceptors (Lipinski definition) is 6. The molecule has 0 saturated carbocycles. The molecule has 0 atom stereocenters. The molecular formula is C37H36FN3O5S. The number of nitrogens with zero attached hydrogens (tertiary/aromatic N) is 2. The molecule has 0 spiro atoms. The lowest BCUT2D eigenvalue weighted by atomic mass is 9.97. The second kappa shape index (κ2) is 14.2. The molecule has 0 amide bonds. The molecule has 1 aromatic heterocycles. The number of ketones is 1. The third-order valence-electron chi connectivity index (χ3n) is 7.82. The van der Waals surface area contributed by atoms with Gasteiger partial charge in [-0.1, -0.05) is 106 Å². The van der Waals surface area contributed by atoms with Crippen LogP contribution in [0.15, 0.2) is 102 Å². The molecule has 0 bridgehead atoms. The molecule has 0 radical (unpaired) electrons. The highest BCUT2D eigenvalue weighted by molar-refractivity contribution is 7.89. The Balaban J connectivity index is 1.47. The lowest BCUT2D eigenvalue weighted by Crippen LogP contribution is -2.14. The number of sulfonamides is 1. The average Bonchev–Trinajstić information content (AvgIpc) is 3.41. The quantitative estimate of drug-likeness (QED) is 0.114. The third kappa shape index (κ3) is 7.40. The van der Waals surface area contributed by atoms with Crippen LogP contribution in [-0.4, -0.2) is 30.0 Å². The van der Waals surface area contributed by atoms with E-state index in [4.69, 9.17) is 15.0 Å². The summed E-state index contributed by atoms with van der Waals surface area (Å²) in [5, 5.41) is 10.2. The summed E-state index contributed by atoms with van der Waals surface area (Å²) >= 11 is 0. The fraction of sp³-hybridized carbons (Fsp3) is 0.216. The van der Waals surface area contributed by atoms with Crippen LogP contribution in [0.2, 0.25) is 0 Å². The molecule has 0 saturated heterocycles. The second-order valence-corrected chi connectivity index (χ2v) is 13.1. The minimum atomic E-state index is -4.09. The maximum atomic E-state index is 15.6. The molecule has 1 heterocycles. The average molecular weight is 654 g/mol. The molecule has 10 heteroatoms. The predicted octanol–water partition coefficient (Wildman–Crippen LogP) is 7.05. The number of hydrogen-bond donors (Lipinski definition) is 1. The zero-order valence-corrected chi connectivity index (χ0v) is 27.3. The Kier molecular flexibility index (Phi) is 10.1. The summed E-state index contributed by atoms with van der Waals surface area (Å²) in [7, 11) is -4.09. The highest BCUT2D eigenvalue weighted by Gasteiger charge is 2.28. The number of carbonyl (C=O) groups excluding carboxylic acids is 2. The highest BCUT2D eigenvalue weighted by Crippen LogP contribution is 2.31. The summed E-state index contributed by atoms with van der Waals surface area (Å²) in [6.07, 6.45) is 0.911. The molecule has 242 valence electrons. The van der Waals surface area contributed by atoms with Crippen LogP contribution >= 0.6 is 0 Å². The summed E-state index contributed by atoms with van der Waals surface area (Å²) < 4.78 is 47.5. The molecule has 5 rings (SSSR count). The molecule has 2 N–H and O–H groups in total. The first kappa shape index (κ1) is 33.4. The van der Waals surface area contributed by atoms with Crippen LogP contribution in [-0.2, 0) is 34.3 Å². The first-order valence-corrected chi connectivity index (χ1v) is 16.9. The van der Waals surface area contributed by atoms with Crippen molar-refractivity contribution in [2.24, 2.45) is 5.14 Å². The number of aromatic nitrogens is 2. The number of rotatable bonds is 12. The van der Waals surface area contributed by atoms with Crippen LogP contribution in [0.5, 0.6) is 0 Å². The van der Waals surface area contributed by atoms with Crippen molar-refractivity contribution >= 4 is 21.8 Å². The molecule has 0 aliphatic carbocycles. The topological polar surface area (TPSA) is 121 Å². The Morgan fingerprint density at radius 2 is 1.60 bits per heavy atom. The van der Waals surface area contributed by atoms with Gasteiger partial charge in [0.1, 0.15) is 18.0 Å². The van der Waals surface area contributed by atoms with Crippen LogP contribution in [0, 0.1) is 5.82 Å². The Morgan fingerprint density at radius 1 is 0.915 bits per heavy atom. The normalized spacial score (nSPS) is 11.5. The van der Waals surface area contributed by atoms with Gasteiger partial charge in [-0.25, -0.2) is 22.7 Å². The van der Waals surface area contributed by atoms with Crippen molar-refractivity contribution in [1.82, 2.24) is 9.78 Å². The molecule has 0 fully saturated rings. The van der Waals surface area contributed by atoms with E-state index in [2.05, 4.69) is 0 Å². The Hall–Kier alpha value is -4.93. The van der Waals surface area contributed by atoms with Crippen molar-refractivity contribution in [3.8, 4) is 11.1 Å². The SMILES string of the molecule is CCCn1nc(C(C)C)c(C(=O)OCc2ccccc2C(=O)c2ccccc2)c1Cc1ccc(-c2ccccc2S(N)(=O)=O)c(F)c1. The number of ether oxygens (including phenoxy) is 1. The van der Waals surface area contributed by atoms with E-state index in [0.29, 0.717) is 45.7 Å². The zero-order chi connectivity index (χ0) is 33.7. The van der Waals surface area contributed by atoms with Crippen LogP contribution in [0.25, 0.3) is 11.1 Å². The Bertz CT molecular complexity index is 2040. The summed E-state index contributed by atoms with van der Waals surface area (Å²) in [5.41, 5.74) is 3.79. The van der Waals surface area contributed by atoms with Gasteiger partial charge in [-0.3, -0.25) is 9.48 Å². The van der Waals surface area contributed by atoms with Crippen molar-refractivity contribution in [3.05, 3.63) is 142 Å². The van der Waals surface area contributed by atoms with Gasteiger partial charge >= 0.3 is 5.97 Å². The monoisotopic (exact) mass is 653 g/mol. The number of primary sulfonamides is 1. The number of esters is 1. The summed E-state index contributed by atoms with van der Waals surface area (Å²) in [6, 6.07) is 26.4. The lowest BCUT2D eigenvalue weighted by molar-refractivity contribution is 0.0467.